The lowest BCUT2D eigenvalue weighted by Gasteiger charge is -2.29. The summed E-state index contributed by atoms with van der Waals surface area (Å²) < 4.78 is 0. The molecule has 1 heterocycles. The molecule has 2 fully saturated rings. The van der Waals surface area contributed by atoms with Gasteiger partial charge in [-0.3, -0.25) is 4.79 Å². The van der Waals surface area contributed by atoms with Gasteiger partial charge in [-0.2, -0.15) is 0 Å². The van der Waals surface area contributed by atoms with Gasteiger partial charge in [0.15, 0.2) is 0 Å². The molecule has 0 aromatic rings. The van der Waals surface area contributed by atoms with Gasteiger partial charge in [-0.1, -0.05) is 13.8 Å². The zero-order valence-corrected chi connectivity index (χ0v) is 9.70. The smallest absolute Gasteiger partial charge is 0.229 e. The highest BCUT2D eigenvalue weighted by atomic mass is 16.3. The zero-order chi connectivity index (χ0) is 11.1. The van der Waals surface area contributed by atoms with Crippen molar-refractivity contribution in [2.75, 3.05) is 13.2 Å². The molecule has 1 aliphatic carbocycles. The van der Waals surface area contributed by atoms with Crippen LogP contribution in [-0.2, 0) is 4.79 Å². The van der Waals surface area contributed by atoms with E-state index in [1.54, 1.807) is 0 Å². The summed E-state index contributed by atoms with van der Waals surface area (Å²) in [6, 6.07) is 0.0914. The van der Waals surface area contributed by atoms with Crippen LogP contribution in [-0.4, -0.2) is 35.1 Å². The van der Waals surface area contributed by atoms with Gasteiger partial charge in [-0.25, -0.2) is 0 Å². The van der Waals surface area contributed by atoms with E-state index >= 15 is 0 Å². The maximum absolute atomic E-state index is 12.4. The van der Waals surface area contributed by atoms with Crippen molar-refractivity contribution >= 4 is 5.91 Å². The van der Waals surface area contributed by atoms with Crippen LogP contribution in [0.25, 0.3) is 0 Å². The Morgan fingerprint density at radius 2 is 2.20 bits per heavy atom. The minimum absolute atomic E-state index is 0.0717. The SMILES string of the molecule is CC(C)C1(C(=O)N2CCCC2CO)CC1. The minimum atomic E-state index is -0.0717. The van der Waals surface area contributed by atoms with Gasteiger partial charge in [0, 0.05) is 6.54 Å². The molecule has 1 saturated carbocycles. The molecule has 0 spiro atoms. The molecule has 1 N–H and O–H groups in total. The van der Waals surface area contributed by atoms with Crippen molar-refractivity contribution in [1.82, 2.24) is 4.90 Å². The second kappa shape index (κ2) is 3.78. The summed E-state index contributed by atoms with van der Waals surface area (Å²) in [6.07, 6.45) is 4.10. The number of carbonyl (C=O) groups excluding carboxylic acids is 1. The van der Waals surface area contributed by atoms with Gasteiger partial charge >= 0.3 is 0 Å². The normalized spacial score (nSPS) is 28.5. The first-order chi connectivity index (χ1) is 7.12. The summed E-state index contributed by atoms with van der Waals surface area (Å²) in [5.74, 6) is 0.735. The van der Waals surface area contributed by atoms with E-state index in [-0.39, 0.29) is 18.1 Å². The predicted octanol–water partition coefficient (Wildman–Crippen LogP) is 1.41. The fourth-order valence-electron chi connectivity index (χ4n) is 2.75. The number of amides is 1. The highest BCUT2D eigenvalue weighted by Gasteiger charge is 2.54. The van der Waals surface area contributed by atoms with Crippen LogP contribution in [0.1, 0.15) is 39.5 Å². The Balaban J connectivity index is 2.08. The van der Waals surface area contributed by atoms with Crippen LogP contribution in [0.3, 0.4) is 0 Å². The van der Waals surface area contributed by atoms with Gasteiger partial charge in [0.2, 0.25) is 5.91 Å². The first kappa shape index (κ1) is 10.9. The second-order valence-electron chi connectivity index (χ2n) is 5.29. The molecule has 0 aromatic heterocycles. The Hall–Kier alpha value is -0.570. The molecule has 86 valence electrons. The third-order valence-corrected chi connectivity index (χ3v) is 4.17. The highest BCUT2D eigenvalue weighted by Crippen LogP contribution is 2.53. The lowest BCUT2D eigenvalue weighted by Crippen LogP contribution is -2.43. The van der Waals surface area contributed by atoms with Crippen molar-refractivity contribution in [3.63, 3.8) is 0 Å². The fourth-order valence-corrected chi connectivity index (χ4v) is 2.75. The predicted molar refractivity (Wildman–Crippen MR) is 58.3 cm³/mol. The van der Waals surface area contributed by atoms with E-state index in [0.29, 0.717) is 11.8 Å². The molecule has 3 nitrogen and oxygen atoms in total. The van der Waals surface area contributed by atoms with Crippen molar-refractivity contribution in [3.05, 3.63) is 0 Å². The van der Waals surface area contributed by atoms with Crippen molar-refractivity contribution in [1.29, 1.82) is 0 Å². The molecule has 1 atom stereocenters. The molecule has 1 saturated heterocycles. The third-order valence-electron chi connectivity index (χ3n) is 4.17. The van der Waals surface area contributed by atoms with Crippen molar-refractivity contribution in [3.8, 4) is 0 Å². The first-order valence-electron chi connectivity index (χ1n) is 6.04. The standard InChI is InChI=1S/C12H21NO2/c1-9(2)12(5-6-12)11(15)13-7-3-4-10(13)8-14/h9-10,14H,3-8H2,1-2H3. The molecule has 3 heteroatoms. The number of carbonyl (C=O) groups is 1. The van der Waals surface area contributed by atoms with Gasteiger partial charge in [0.1, 0.15) is 0 Å². The Kier molecular flexibility index (Phi) is 2.75. The number of aliphatic hydroxyl groups is 1. The Morgan fingerprint density at radius 1 is 1.53 bits per heavy atom. The van der Waals surface area contributed by atoms with Crippen molar-refractivity contribution < 1.29 is 9.90 Å². The average molecular weight is 211 g/mol. The van der Waals surface area contributed by atoms with Crippen LogP contribution in [0.2, 0.25) is 0 Å². The monoisotopic (exact) mass is 211 g/mol. The molecular weight excluding hydrogens is 190 g/mol. The summed E-state index contributed by atoms with van der Waals surface area (Å²) in [5.41, 5.74) is -0.0717. The summed E-state index contributed by atoms with van der Waals surface area (Å²) in [6.45, 7) is 5.24. The van der Waals surface area contributed by atoms with Crippen LogP contribution in [0, 0.1) is 11.3 Å². The lowest BCUT2D eigenvalue weighted by molar-refractivity contribution is -0.140. The fraction of sp³-hybridized carbons (Fsp3) is 0.917. The topological polar surface area (TPSA) is 40.5 Å². The molecule has 2 aliphatic rings. The molecule has 0 bridgehead atoms. The van der Waals surface area contributed by atoms with E-state index in [4.69, 9.17) is 0 Å². The van der Waals surface area contributed by atoms with Gasteiger partial charge < -0.3 is 10.0 Å². The zero-order valence-electron chi connectivity index (χ0n) is 9.70. The maximum Gasteiger partial charge on any atom is 0.229 e. The minimum Gasteiger partial charge on any atom is -0.394 e. The molecule has 2 rings (SSSR count). The second-order valence-corrected chi connectivity index (χ2v) is 5.29. The Bertz CT molecular complexity index is 258. The van der Waals surface area contributed by atoms with Crippen molar-refractivity contribution in [2.45, 2.75) is 45.6 Å². The number of hydrogen-bond donors (Lipinski definition) is 1. The van der Waals surface area contributed by atoms with E-state index in [0.717, 1.165) is 32.2 Å². The van der Waals surface area contributed by atoms with Crippen LogP contribution in [0.5, 0.6) is 0 Å². The largest absolute Gasteiger partial charge is 0.394 e. The van der Waals surface area contributed by atoms with E-state index in [1.165, 1.54) is 0 Å². The molecule has 0 radical (unpaired) electrons. The van der Waals surface area contributed by atoms with Gasteiger partial charge in [0.05, 0.1) is 18.1 Å². The third kappa shape index (κ3) is 1.67. The van der Waals surface area contributed by atoms with E-state index in [2.05, 4.69) is 13.8 Å². The lowest BCUT2D eigenvalue weighted by atomic mass is 9.90. The average Bonchev–Trinajstić information content (AvgIpc) is 2.89. The Morgan fingerprint density at radius 3 is 2.67 bits per heavy atom. The molecule has 1 aliphatic heterocycles. The number of likely N-dealkylation sites (tertiary alicyclic amines) is 1. The Labute approximate surface area is 91.5 Å². The highest BCUT2D eigenvalue weighted by molar-refractivity contribution is 5.86. The number of hydrogen-bond acceptors (Lipinski definition) is 2. The maximum atomic E-state index is 12.4. The quantitative estimate of drug-likeness (QED) is 0.766. The molecule has 0 aromatic carbocycles. The number of aliphatic hydroxyl groups excluding tert-OH is 1. The van der Waals surface area contributed by atoms with Crippen LogP contribution < -0.4 is 0 Å². The summed E-state index contributed by atoms with van der Waals surface area (Å²) in [7, 11) is 0. The van der Waals surface area contributed by atoms with Gasteiger partial charge in [-0.15, -0.1) is 0 Å². The van der Waals surface area contributed by atoms with Crippen LogP contribution in [0.15, 0.2) is 0 Å². The van der Waals surface area contributed by atoms with Crippen LogP contribution >= 0.6 is 0 Å². The summed E-state index contributed by atoms with van der Waals surface area (Å²) >= 11 is 0. The van der Waals surface area contributed by atoms with Crippen LogP contribution in [0.4, 0.5) is 0 Å². The van der Waals surface area contributed by atoms with Gasteiger partial charge in [0.25, 0.3) is 0 Å². The molecule has 1 amide bonds. The molecular formula is C12H21NO2. The number of nitrogens with zero attached hydrogens (tertiary/aromatic N) is 1. The number of rotatable bonds is 3. The van der Waals surface area contributed by atoms with Crippen molar-refractivity contribution in [2.24, 2.45) is 11.3 Å². The molecule has 1 unspecified atom stereocenters. The van der Waals surface area contributed by atoms with E-state index in [1.807, 2.05) is 4.90 Å². The van der Waals surface area contributed by atoms with E-state index in [9.17, 15) is 9.90 Å². The molecule has 15 heavy (non-hydrogen) atoms. The summed E-state index contributed by atoms with van der Waals surface area (Å²) in [5, 5.41) is 9.22. The van der Waals surface area contributed by atoms with Gasteiger partial charge in [-0.05, 0) is 31.6 Å². The van der Waals surface area contributed by atoms with E-state index < -0.39 is 0 Å². The summed E-state index contributed by atoms with van der Waals surface area (Å²) in [4.78, 5) is 14.3. The first-order valence-corrected chi connectivity index (χ1v) is 6.04.